The van der Waals surface area contributed by atoms with Crippen LogP contribution in [0.5, 0.6) is 0 Å². The Hall–Kier alpha value is -2.89. The van der Waals surface area contributed by atoms with Crippen molar-refractivity contribution in [3.05, 3.63) is 62.6 Å². The lowest BCUT2D eigenvalue weighted by Crippen LogP contribution is -2.36. The van der Waals surface area contributed by atoms with Crippen LogP contribution < -0.4 is 5.43 Å². The average Bonchev–Trinajstić information content (AvgIpc) is 2.86. The molecule has 1 aromatic carbocycles. The van der Waals surface area contributed by atoms with Gasteiger partial charge in [-0.2, -0.15) is 5.10 Å². The molecule has 0 spiro atoms. The van der Waals surface area contributed by atoms with Gasteiger partial charge < -0.3 is 9.88 Å². The van der Waals surface area contributed by atoms with Crippen LogP contribution in [0.4, 0.5) is 0 Å². The van der Waals surface area contributed by atoms with Gasteiger partial charge in [-0.15, -0.1) is 0 Å². The molecule has 1 unspecified atom stereocenters. The lowest BCUT2D eigenvalue weighted by atomic mass is 9.80. The predicted molar refractivity (Wildman–Crippen MR) is 108 cm³/mol. The summed E-state index contributed by atoms with van der Waals surface area (Å²) in [7, 11) is 1.78. The molecule has 144 valence electrons. The summed E-state index contributed by atoms with van der Waals surface area (Å²) in [5, 5.41) is 4.86. The maximum atomic E-state index is 13.3. The number of amides is 1. The minimum absolute atomic E-state index is 0.0993. The maximum absolute atomic E-state index is 13.3. The number of rotatable bonds is 1. The Balaban J connectivity index is 1.52. The lowest BCUT2D eigenvalue weighted by Gasteiger charge is -2.29. The van der Waals surface area contributed by atoms with E-state index in [0.29, 0.717) is 41.4 Å². The van der Waals surface area contributed by atoms with Gasteiger partial charge in [0.2, 0.25) is 0 Å². The maximum Gasteiger partial charge on any atom is 0.270 e. The molecule has 1 atom stereocenters. The first-order valence-corrected chi connectivity index (χ1v) is 9.99. The molecule has 3 heterocycles. The number of benzene rings is 1. The highest BCUT2D eigenvalue weighted by molar-refractivity contribution is 5.94. The number of fused-ring (bicyclic) bond motifs is 1. The molecule has 6 heteroatoms. The molecule has 3 aromatic rings. The van der Waals surface area contributed by atoms with Gasteiger partial charge in [0, 0.05) is 32.1 Å². The zero-order chi connectivity index (χ0) is 19.4. The second-order valence-electron chi connectivity index (χ2n) is 8.06. The Morgan fingerprint density at radius 1 is 1.25 bits per heavy atom. The van der Waals surface area contributed by atoms with E-state index < -0.39 is 0 Å². The predicted octanol–water partition coefficient (Wildman–Crippen LogP) is 2.69. The fraction of sp³-hybridized carbons (Fsp3) is 0.409. The summed E-state index contributed by atoms with van der Waals surface area (Å²) in [5.41, 5.74) is 5.77. The SMILES string of the molecule is Cc1nn(C)c2[nH]c(C(=O)N3CCc4cccc5c4C(CCC5)C3)cc(=O)c12. The van der Waals surface area contributed by atoms with Crippen LogP contribution in [0.1, 0.15) is 51.6 Å². The molecule has 28 heavy (non-hydrogen) atoms. The third kappa shape index (κ3) is 2.58. The van der Waals surface area contributed by atoms with Gasteiger partial charge in [-0.05, 0) is 49.3 Å². The number of aryl methyl sites for hydroxylation is 3. The minimum atomic E-state index is -0.152. The zero-order valence-corrected chi connectivity index (χ0v) is 16.3. The van der Waals surface area contributed by atoms with Crippen molar-refractivity contribution in [2.45, 2.75) is 38.5 Å². The van der Waals surface area contributed by atoms with Crippen molar-refractivity contribution in [2.75, 3.05) is 13.1 Å². The monoisotopic (exact) mass is 376 g/mol. The quantitative estimate of drug-likeness (QED) is 0.710. The number of carbonyl (C=O) groups is 1. The molecular weight excluding hydrogens is 352 g/mol. The molecule has 0 saturated heterocycles. The second kappa shape index (κ2) is 6.33. The van der Waals surface area contributed by atoms with E-state index in [9.17, 15) is 9.59 Å². The molecule has 1 aliphatic heterocycles. The van der Waals surface area contributed by atoms with Gasteiger partial charge in [0.05, 0.1) is 11.1 Å². The van der Waals surface area contributed by atoms with E-state index in [0.717, 1.165) is 19.3 Å². The Kier molecular flexibility index (Phi) is 3.89. The van der Waals surface area contributed by atoms with Crippen LogP contribution in [0.3, 0.4) is 0 Å². The molecule has 1 N–H and O–H groups in total. The summed E-state index contributed by atoms with van der Waals surface area (Å²) in [6.45, 7) is 3.20. The highest BCUT2D eigenvalue weighted by Crippen LogP contribution is 2.37. The lowest BCUT2D eigenvalue weighted by molar-refractivity contribution is 0.0743. The van der Waals surface area contributed by atoms with Gasteiger partial charge in [-0.1, -0.05) is 18.2 Å². The fourth-order valence-corrected chi connectivity index (χ4v) is 5.04. The van der Waals surface area contributed by atoms with Crippen molar-refractivity contribution >= 4 is 16.9 Å². The summed E-state index contributed by atoms with van der Waals surface area (Å²) in [6.07, 6.45) is 4.28. The Labute approximate surface area is 163 Å². The third-order valence-electron chi connectivity index (χ3n) is 6.30. The molecular formula is C22H24N4O2. The Morgan fingerprint density at radius 3 is 2.86 bits per heavy atom. The van der Waals surface area contributed by atoms with Crippen LogP contribution in [-0.2, 0) is 19.9 Å². The van der Waals surface area contributed by atoms with Gasteiger partial charge in [0.1, 0.15) is 11.3 Å². The number of carbonyl (C=O) groups excluding carboxylic acids is 1. The van der Waals surface area contributed by atoms with E-state index in [1.807, 2.05) is 11.8 Å². The molecule has 5 rings (SSSR count). The normalized spacial score (nSPS) is 18.8. The van der Waals surface area contributed by atoms with Crippen molar-refractivity contribution in [3.8, 4) is 0 Å². The molecule has 0 bridgehead atoms. The van der Waals surface area contributed by atoms with Gasteiger partial charge in [0.15, 0.2) is 5.43 Å². The van der Waals surface area contributed by atoms with E-state index >= 15 is 0 Å². The standard InChI is InChI=1S/C22H24N4O2/c1-13-19-18(27)11-17(23-21(19)25(2)24-13)22(28)26-10-9-15-7-3-5-14-6-4-8-16(12-26)20(14)15/h3,5,7,11,16H,4,6,8-10,12H2,1-2H3,(H,23,27). The smallest absolute Gasteiger partial charge is 0.270 e. The number of hydrogen-bond donors (Lipinski definition) is 1. The topological polar surface area (TPSA) is 71.0 Å². The zero-order valence-electron chi connectivity index (χ0n) is 16.3. The molecule has 2 aliphatic rings. The van der Waals surface area contributed by atoms with Crippen molar-refractivity contribution in [2.24, 2.45) is 7.05 Å². The van der Waals surface area contributed by atoms with Crippen molar-refractivity contribution in [3.63, 3.8) is 0 Å². The summed E-state index contributed by atoms with van der Waals surface area (Å²) in [5.74, 6) is 0.290. The number of hydrogen-bond acceptors (Lipinski definition) is 3. The molecule has 0 fully saturated rings. The third-order valence-corrected chi connectivity index (χ3v) is 6.30. The van der Waals surface area contributed by atoms with Crippen LogP contribution in [0, 0.1) is 6.92 Å². The summed E-state index contributed by atoms with van der Waals surface area (Å²) < 4.78 is 1.63. The number of H-pyrrole nitrogens is 1. The second-order valence-corrected chi connectivity index (χ2v) is 8.06. The summed E-state index contributed by atoms with van der Waals surface area (Å²) in [4.78, 5) is 31.0. The van der Waals surface area contributed by atoms with Crippen LogP contribution in [0.2, 0.25) is 0 Å². The van der Waals surface area contributed by atoms with E-state index in [1.54, 1.807) is 11.7 Å². The van der Waals surface area contributed by atoms with Crippen LogP contribution >= 0.6 is 0 Å². The summed E-state index contributed by atoms with van der Waals surface area (Å²) in [6, 6.07) is 8.02. The van der Waals surface area contributed by atoms with E-state index in [2.05, 4.69) is 28.3 Å². The van der Waals surface area contributed by atoms with Crippen molar-refractivity contribution < 1.29 is 4.79 Å². The van der Waals surface area contributed by atoms with Gasteiger partial charge in [-0.3, -0.25) is 14.3 Å². The van der Waals surface area contributed by atoms with Gasteiger partial charge >= 0.3 is 0 Å². The Bertz CT molecular complexity index is 1160. The molecule has 6 nitrogen and oxygen atoms in total. The molecule has 0 radical (unpaired) electrons. The number of nitrogens with one attached hydrogen (secondary N) is 1. The number of pyridine rings is 1. The van der Waals surface area contributed by atoms with Crippen LogP contribution in [0.25, 0.3) is 11.0 Å². The molecule has 2 aromatic heterocycles. The average molecular weight is 376 g/mol. The molecule has 1 aliphatic carbocycles. The van der Waals surface area contributed by atoms with E-state index in [4.69, 9.17) is 0 Å². The Morgan fingerprint density at radius 2 is 2.04 bits per heavy atom. The number of nitrogens with zero attached hydrogens (tertiary/aromatic N) is 3. The van der Waals surface area contributed by atoms with E-state index in [1.165, 1.54) is 29.2 Å². The highest BCUT2D eigenvalue weighted by Gasteiger charge is 2.30. The molecule has 1 amide bonds. The van der Waals surface area contributed by atoms with Crippen molar-refractivity contribution in [1.82, 2.24) is 19.7 Å². The number of aromatic amines is 1. The first kappa shape index (κ1) is 17.2. The van der Waals surface area contributed by atoms with Gasteiger partial charge in [-0.25, -0.2) is 0 Å². The number of aromatic nitrogens is 3. The van der Waals surface area contributed by atoms with Crippen LogP contribution in [-0.4, -0.2) is 38.7 Å². The summed E-state index contributed by atoms with van der Waals surface area (Å²) >= 11 is 0. The van der Waals surface area contributed by atoms with Crippen molar-refractivity contribution in [1.29, 1.82) is 0 Å². The fourth-order valence-electron chi connectivity index (χ4n) is 5.04. The highest BCUT2D eigenvalue weighted by atomic mass is 16.2. The van der Waals surface area contributed by atoms with Crippen LogP contribution in [0.15, 0.2) is 29.1 Å². The van der Waals surface area contributed by atoms with E-state index in [-0.39, 0.29) is 11.3 Å². The minimum Gasteiger partial charge on any atom is -0.336 e. The first-order chi connectivity index (χ1) is 13.5. The van der Waals surface area contributed by atoms with Gasteiger partial charge in [0.25, 0.3) is 5.91 Å². The first-order valence-electron chi connectivity index (χ1n) is 9.99. The largest absolute Gasteiger partial charge is 0.336 e. The molecule has 0 saturated carbocycles.